The average molecular weight is 302 g/mol. The molecule has 0 bridgehead atoms. The largest absolute Gasteiger partial charge is 0.492 e. The molecule has 0 saturated carbocycles. The van der Waals surface area contributed by atoms with Gasteiger partial charge in [-0.3, -0.25) is 0 Å². The molecule has 0 fully saturated rings. The van der Waals surface area contributed by atoms with Crippen molar-refractivity contribution in [2.45, 2.75) is 32.4 Å². The molecule has 0 aliphatic heterocycles. The first-order chi connectivity index (χ1) is 9.28. The first kappa shape index (κ1) is 16.7. The predicted octanol–water partition coefficient (Wildman–Crippen LogP) is 0.726. The number of sulfonamides is 1. The van der Waals surface area contributed by atoms with Crippen molar-refractivity contribution in [3.63, 3.8) is 0 Å². The minimum atomic E-state index is -3.42. The molecular weight excluding hydrogens is 280 g/mol. The van der Waals surface area contributed by atoms with Gasteiger partial charge in [-0.05, 0) is 32.4 Å². The van der Waals surface area contributed by atoms with E-state index in [-0.39, 0.29) is 18.4 Å². The van der Waals surface area contributed by atoms with Crippen molar-refractivity contribution < 1.29 is 18.3 Å². The number of aliphatic hydroxyl groups is 1. The molecule has 7 heteroatoms. The van der Waals surface area contributed by atoms with Crippen molar-refractivity contribution in [3.8, 4) is 5.75 Å². The molecular formula is C13H22N2O4S. The first-order valence-corrected chi connectivity index (χ1v) is 8.10. The van der Waals surface area contributed by atoms with Gasteiger partial charge in [0, 0.05) is 17.8 Å². The van der Waals surface area contributed by atoms with Crippen LogP contribution < -0.4 is 15.2 Å². The lowest BCUT2D eigenvalue weighted by atomic mass is 10.2. The highest BCUT2D eigenvalue weighted by Crippen LogP contribution is 2.14. The summed E-state index contributed by atoms with van der Waals surface area (Å²) in [5, 5.41) is 9.20. The maximum absolute atomic E-state index is 11.8. The van der Waals surface area contributed by atoms with Crippen molar-refractivity contribution in [1.82, 2.24) is 4.72 Å². The third kappa shape index (κ3) is 6.74. The van der Waals surface area contributed by atoms with E-state index in [1.807, 2.05) is 0 Å². The van der Waals surface area contributed by atoms with Crippen molar-refractivity contribution >= 4 is 15.7 Å². The fraction of sp³-hybridized carbons (Fsp3) is 0.538. The van der Waals surface area contributed by atoms with Crippen LogP contribution in [0.4, 0.5) is 5.69 Å². The Labute approximate surface area is 120 Å². The summed E-state index contributed by atoms with van der Waals surface area (Å²) in [5.74, 6) is 0.392. The topological polar surface area (TPSA) is 102 Å². The summed E-state index contributed by atoms with van der Waals surface area (Å²) in [7, 11) is -3.42. The van der Waals surface area contributed by atoms with Crippen molar-refractivity contribution in [2.24, 2.45) is 0 Å². The monoisotopic (exact) mass is 302 g/mol. The average Bonchev–Trinajstić information content (AvgIpc) is 2.26. The molecule has 0 aliphatic carbocycles. The van der Waals surface area contributed by atoms with Gasteiger partial charge in [0.15, 0.2) is 0 Å². The normalized spacial score (nSPS) is 14.8. The van der Waals surface area contributed by atoms with Gasteiger partial charge in [0.2, 0.25) is 10.0 Å². The molecule has 0 amide bonds. The molecule has 1 aromatic rings. The molecule has 2 unspecified atom stereocenters. The fourth-order valence-electron chi connectivity index (χ4n) is 1.80. The van der Waals surface area contributed by atoms with Crippen LogP contribution in [0.3, 0.4) is 0 Å². The van der Waals surface area contributed by atoms with E-state index >= 15 is 0 Å². The summed E-state index contributed by atoms with van der Waals surface area (Å²) in [5.41, 5.74) is 6.16. The second kappa shape index (κ2) is 7.47. The lowest BCUT2D eigenvalue weighted by molar-refractivity contribution is 0.175. The molecule has 114 valence electrons. The van der Waals surface area contributed by atoms with Crippen LogP contribution >= 0.6 is 0 Å². The van der Waals surface area contributed by atoms with E-state index in [0.29, 0.717) is 17.9 Å². The highest BCUT2D eigenvalue weighted by Gasteiger charge is 2.16. The van der Waals surface area contributed by atoms with Crippen molar-refractivity contribution in [2.75, 3.05) is 18.1 Å². The number of benzene rings is 1. The summed E-state index contributed by atoms with van der Waals surface area (Å²) in [4.78, 5) is 0. The number of rotatable bonds is 8. The molecule has 0 spiro atoms. The Morgan fingerprint density at radius 2 is 2.10 bits per heavy atom. The number of nitrogen functional groups attached to an aromatic ring is 1. The SMILES string of the molecule is CC(O)CC(C)NS(=O)(=O)CCOc1cccc(N)c1. The maximum Gasteiger partial charge on any atom is 0.215 e. The van der Waals surface area contributed by atoms with Gasteiger partial charge in [0.05, 0.1) is 11.9 Å². The zero-order chi connectivity index (χ0) is 15.2. The molecule has 0 aliphatic rings. The minimum absolute atomic E-state index is 0.0419. The third-order valence-corrected chi connectivity index (χ3v) is 4.02. The number of ether oxygens (including phenoxy) is 1. The summed E-state index contributed by atoms with van der Waals surface area (Å²) in [6.07, 6.45) is -0.175. The molecule has 2 atom stereocenters. The van der Waals surface area contributed by atoms with Crippen LogP contribution in [-0.2, 0) is 10.0 Å². The molecule has 1 aromatic carbocycles. The molecule has 0 saturated heterocycles. The third-order valence-electron chi connectivity index (χ3n) is 2.55. The highest BCUT2D eigenvalue weighted by molar-refractivity contribution is 7.89. The zero-order valence-corrected chi connectivity index (χ0v) is 12.6. The van der Waals surface area contributed by atoms with E-state index in [2.05, 4.69) is 4.72 Å². The molecule has 1 rings (SSSR count). The Hall–Kier alpha value is -1.31. The van der Waals surface area contributed by atoms with Crippen LogP contribution in [0.2, 0.25) is 0 Å². The van der Waals surface area contributed by atoms with Gasteiger partial charge in [-0.15, -0.1) is 0 Å². The predicted molar refractivity (Wildman–Crippen MR) is 79.0 cm³/mol. The first-order valence-electron chi connectivity index (χ1n) is 6.45. The van der Waals surface area contributed by atoms with E-state index in [1.54, 1.807) is 38.1 Å². The van der Waals surface area contributed by atoms with E-state index in [0.717, 1.165) is 0 Å². The summed E-state index contributed by atoms with van der Waals surface area (Å²) >= 11 is 0. The Bertz CT molecular complexity index is 517. The van der Waals surface area contributed by atoms with Gasteiger partial charge in [-0.25, -0.2) is 13.1 Å². The van der Waals surface area contributed by atoms with Crippen LogP contribution in [-0.4, -0.2) is 38.0 Å². The minimum Gasteiger partial charge on any atom is -0.492 e. The summed E-state index contributed by atoms with van der Waals surface area (Å²) < 4.78 is 31.4. The second-order valence-electron chi connectivity index (χ2n) is 4.84. The Kier molecular flexibility index (Phi) is 6.25. The van der Waals surface area contributed by atoms with Crippen molar-refractivity contribution in [3.05, 3.63) is 24.3 Å². The van der Waals surface area contributed by atoms with Gasteiger partial charge in [-0.2, -0.15) is 0 Å². The van der Waals surface area contributed by atoms with Crippen LogP contribution in [0, 0.1) is 0 Å². The smallest absolute Gasteiger partial charge is 0.215 e. The van der Waals surface area contributed by atoms with Crippen LogP contribution in [0.25, 0.3) is 0 Å². The van der Waals surface area contributed by atoms with Gasteiger partial charge in [-0.1, -0.05) is 6.07 Å². The quantitative estimate of drug-likeness (QED) is 0.614. The number of nitrogens with two attached hydrogens (primary N) is 1. The van der Waals surface area contributed by atoms with E-state index < -0.39 is 16.1 Å². The van der Waals surface area contributed by atoms with Crippen LogP contribution in [0.15, 0.2) is 24.3 Å². The lowest BCUT2D eigenvalue weighted by Gasteiger charge is -2.15. The number of nitrogens with one attached hydrogen (secondary N) is 1. The molecule has 0 aromatic heterocycles. The lowest BCUT2D eigenvalue weighted by Crippen LogP contribution is -2.37. The Balaban J connectivity index is 2.40. The zero-order valence-electron chi connectivity index (χ0n) is 11.7. The van der Waals surface area contributed by atoms with Gasteiger partial charge in [0.1, 0.15) is 12.4 Å². The molecule has 4 N–H and O–H groups in total. The van der Waals surface area contributed by atoms with Gasteiger partial charge in [0.25, 0.3) is 0 Å². The Morgan fingerprint density at radius 3 is 2.70 bits per heavy atom. The standard InChI is InChI=1S/C13H22N2O4S/c1-10(8-11(2)16)15-20(17,18)7-6-19-13-5-3-4-12(14)9-13/h3-5,9-11,15-16H,6-8,14H2,1-2H3. The molecule has 20 heavy (non-hydrogen) atoms. The molecule has 0 heterocycles. The van der Waals surface area contributed by atoms with E-state index in [4.69, 9.17) is 10.5 Å². The Morgan fingerprint density at radius 1 is 1.40 bits per heavy atom. The summed E-state index contributed by atoms with van der Waals surface area (Å²) in [6, 6.07) is 6.50. The fourth-order valence-corrected chi connectivity index (χ4v) is 2.93. The van der Waals surface area contributed by atoms with E-state index in [9.17, 15) is 13.5 Å². The number of aliphatic hydroxyl groups excluding tert-OH is 1. The molecule has 6 nitrogen and oxygen atoms in total. The van der Waals surface area contributed by atoms with Crippen molar-refractivity contribution in [1.29, 1.82) is 0 Å². The summed E-state index contributed by atoms with van der Waals surface area (Å²) in [6.45, 7) is 3.37. The molecule has 0 radical (unpaired) electrons. The number of anilines is 1. The van der Waals surface area contributed by atoms with Gasteiger partial charge >= 0.3 is 0 Å². The van der Waals surface area contributed by atoms with Crippen LogP contribution in [0.1, 0.15) is 20.3 Å². The van der Waals surface area contributed by atoms with Crippen LogP contribution in [0.5, 0.6) is 5.75 Å². The maximum atomic E-state index is 11.8. The number of hydrogen-bond acceptors (Lipinski definition) is 5. The second-order valence-corrected chi connectivity index (χ2v) is 6.72. The van der Waals surface area contributed by atoms with Gasteiger partial charge < -0.3 is 15.6 Å². The number of hydrogen-bond donors (Lipinski definition) is 3. The van der Waals surface area contributed by atoms with E-state index in [1.165, 1.54) is 0 Å². The highest BCUT2D eigenvalue weighted by atomic mass is 32.2.